The largest absolute Gasteiger partial charge is 0.481 e. The van der Waals surface area contributed by atoms with Gasteiger partial charge in [0.25, 0.3) is 0 Å². The summed E-state index contributed by atoms with van der Waals surface area (Å²) in [6.07, 6.45) is -0.141. The monoisotopic (exact) mass is 350 g/mol. The molecule has 0 unspecified atom stereocenters. The van der Waals surface area contributed by atoms with Crippen LogP contribution in [0, 0.1) is 0 Å². The van der Waals surface area contributed by atoms with Gasteiger partial charge in [-0.3, -0.25) is 4.79 Å². The molecule has 0 bridgehead atoms. The number of carbonyl (C=O) groups is 2. The number of carbonyl (C=O) groups excluding carboxylic acids is 1. The molecule has 0 amide bonds. The molecule has 0 aromatic heterocycles. The maximum atomic E-state index is 12.1. The Bertz CT molecular complexity index is 713. The molecule has 23 heavy (non-hydrogen) atoms. The highest BCUT2D eigenvalue weighted by atomic mass is 35.5. The molecule has 2 aromatic rings. The summed E-state index contributed by atoms with van der Waals surface area (Å²) in [5.74, 6) is -1.41. The van der Waals surface area contributed by atoms with Crippen molar-refractivity contribution in [2.24, 2.45) is 0 Å². The van der Waals surface area contributed by atoms with Crippen molar-refractivity contribution in [3.05, 3.63) is 58.6 Å². The van der Waals surface area contributed by atoms with Crippen LogP contribution in [0.25, 0.3) is 0 Å². The lowest BCUT2D eigenvalue weighted by Gasteiger charge is -2.10. The fourth-order valence-electron chi connectivity index (χ4n) is 1.95. The van der Waals surface area contributed by atoms with Crippen LogP contribution in [0.3, 0.4) is 0 Å². The van der Waals surface area contributed by atoms with E-state index in [2.05, 4.69) is 0 Å². The molecule has 0 aliphatic carbocycles. The summed E-state index contributed by atoms with van der Waals surface area (Å²) >= 11 is 7.27. The first kappa shape index (κ1) is 17.4. The average molecular weight is 351 g/mol. The van der Waals surface area contributed by atoms with Crippen molar-refractivity contribution >= 4 is 35.3 Å². The van der Waals surface area contributed by atoms with Crippen molar-refractivity contribution in [3.63, 3.8) is 0 Å². The van der Waals surface area contributed by atoms with Crippen molar-refractivity contribution in [2.75, 3.05) is 6.61 Å². The number of hydrogen-bond acceptors (Lipinski definition) is 4. The van der Waals surface area contributed by atoms with Crippen molar-refractivity contribution in [2.45, 2.75) is 23.1 Å². The predicted octanol–water partition coefficient (Wildman–Crippen LogP) is 4.30. The Hall–Kier alpha value is -1.98. The first-order chi connectivity index (χ1) is 11.0. The molecule has 2 aromatic carbocycles. The minimum atomic E-state index is -0.946. The van der Waals surface area contributed by atoms with Gasteiger partial charge in [-0.15, -0.1) is 0 Å². The Balaban J connectivity index is 2.34. The zero-order chi connectivity index (χ0) is 16.8. The number of halogens is 1. The second kappa shape index (κ2) is 8.04. The van der Waals surface area contributed by atoms with Gasteiger partial charge >= 0.3 is 11.9 Å². The van der Waals surface area contributed by atoms with E-state index in [1.807, 2.05) is 12.1 Å². The van der Waals surface area contributed by atoms with Gasteiger partial charge in [-0.2, -0.15) is 0 Å². The second-order valence-electron chi connectivity index (χ2n) is 4.68. The van der Waals surface area contributed by atoms with E-state index < -0.39 is 11.9 Å². The lowest BCUT2D eigenvalue weighted by molar-refractivity contribution is -0.136. The lowest BCUT2D eigenvalue weighted by atomic mass is 10.1. The molecule has 1 N–H and O–H groups in total. The molecule has 0 heterocycles. The summed E-state index contributed by atoms with van der Waals surface area (Å²) in [5.41, 5.74) is 0.923. The molecule has 6 heteroatoms. The number of carboxylic acid groups (broad SMARTS) is 1. The van der Waals surface area contributed by atoms with E-state index in [0.717, 1.165) is 4.90 Å². The zero-order valence-corrected chi connectivity index (χ0v) is 14.0. The van der Waals surface area contributed by atoms with Crippen LogP contribution in [-0.4, -0.2) is 23.7 Å². The highest BCUT2D eigenvalue weighted by Gasteiger charge is 2.15. The molecular formula is C17H15ClO4S. The molecule has 2 rings (SSSR count). The van der Waals surface area contributed by atoms with Gasteiger partial charge in [0.1, 0.15) is 0 Å². The fraction of sp³-hybridized carbons (Fsp3) is 0.176. The van der Waals surface area contributed by atoms with Gasteiger partial charge in [0.2, 0.25) is 0 Å². The molecule has 0 radical (unpaired) electrons. The minimum absolute atomic E-state index is 0.141. The summed E-state index contributed by atoms with van der Waals surface area (Å²) in [6.45, 7) is 1.98. The third-order valence-electron chi connectivity index (χ3n) is 2.94. The number of hydrogen-bond donors (Lipinski definition) is 1. The van der Waals surface area contributed by atoms with Crippen LogP contribution in [0.4, 0.5) is 0 Å². The van der Waals surface area contributed by atoms with Crippen LogP contribution in [0.5, 0.6) is 0 Å². The quantitative estimate of drug-likeness (QED) is 0.787. The molecule has 0 saturated heterocycles. The molecule has 0 atom stereocenters. The smallest absolute Gasteiger partial charge is 0.339 e. The highest BCUT2D eigenvalue weighted by molar-refractivity contribution is 7.99. The Morgan fingerprint density at radius 3 is 2.48 bits per heavy atom. The van der Waals surface area contributed by atoms with Gasteiger partial charge in [-0.1, -0.05) is 29.4 Å². The Kier molecular flexibility index (Phi) is 6.07. The normalized spacial score (nSPS) is 10.3. The number of aliphatic carboxylic acids is 1. The lowest BCUT2D eigenvalue weighted by Crippen LogP contribution is -2.08. The standard InChI is InChI=1S/C17H15ClO4S/c1-2-22-17(21)14-9-11(10-16(19)20)3-8-15(14)23-13-6-4-12(18)5-7-13/h3-9H,2,10H2,1H3,(H,19,20). The van der Waals surface area contributed by atoms with Crippen LogP contribution in [-0.2, 0) is 16.0 Å². The molecule has 0 spiro atoms. The number of carboxylic acids is 1. The molecule has 0 aliphatic rings. The van der Waals surface area contributed by atoms with E-state index in [4.69, 9.17) is 21.4 Å². The third-order valence-corrected chi connectivity index (χ3v) is 4.27. The SMILES string of the molecule is CCOC(=O)c1cc(CC(=O)O)ccc1Sc1ccc(Cl)cc1. The first-order valence-electron chi connectivity index (χ1n) is 6.95. The Labute approximate surface area is 143 Å². The summed E-state index contributed by atoms with van der Waals surface area (Å²) < 4.78 is 5.06. The number of esters is 1. The van der Waals surface area contributed by atoms with Crippen LogP contribution < -0.4 is 0 Å². The van der Waals surface area contributed by atoms with Gasteiger partial charge in [-0.25, -0.2) is 4.79 Å². The topological polar surface area (TPSA) is 63.6 Å². The van der Waals surface area contributed by atoms with Gasteiger partial charge < -0.3 is 9.84 Å². The maximum Gasteiger partial charge on any atom is 0.339 e. The minimum Gasteiger partial charge on any atom is -0.481 e. The van der Waals surface area contributed by atoms with Gasteiger partial charge in [0, 0.05) is 14.8 Å². The van der Waals surface area contributed by atoms with E-state index in [1.165, 1.54) is 11.8 Å². The summed E-state index contributed by atoms with van der Waals surface area (Å²) in [4.78, 5) is 24.6. The third kappa shape index (κ3) is 5.01. The van der Waals surface area contributed by atoms with E-state index in [-0.39, 0.29) is 13.0 Å². The van der Waals surface area contributed by atoms with Crippen LogP contribution in [0.15, 0.2) is 52.3 Å². The van der Waals surface area contributed by atoms with Gasteiger partial charge in [-0.05, 0) is 48.9 Å². The molecule has 0 saturated carbocycles. The van der Waals surface area contributed by atoms with E-state index in [0.29, 0.717) is 21.0 Å². The van der Waals surface area contributed by atoms with Gasteiger partial charge in [0.05, 0.1) is 18.6 Å². The molecule has 0 aliphatic heterocycles. The number of rotatable bonds is 6. The maximum absolute atomic E-state index is 12.1. The molecule has 0 fully saturated rings. The summed E-state index contributed by atoms with van der Waals surface area (Å²) in [5, 5.41) is 9.53. The predicted molar refractivity (Wildman–Crippen MR) is 89.3 cm³/mol. The van der Waals surface area contributed by atoms with Gasteiger partial charge in [0.15, 0.2) is 0 Å². The average Bonchev–Trinajstić information content (AvgIpc) is 2.50. The Morgan fingerprint density at radius 1 is 1.17 bits per heavy atom. The van der Waals surface area contributed by atoms with E-state index in [9.17, 15) is 9.59 Å². The second-order valence-corrected chi connectivity index (χ2v) is 6.23. The fourth-order valence-corrected chi connectivity index (χ4v) is 2.99. The zero-order valence-electron chi connectivity index (χ0n) is 12.4. The number of benzene rings is 2. The van der Waals surface area contributed by atoms with Crippen molar-refractivity contribution < 1.29 is 19.4 Å². The van der Waals surface area contributed by atoms with Crippen LogP contribution in [0.1, 0.15) is 22.8 Å². The van der Waals surface area contributed by atoms with Crippen molar-refractivity contribution in [1.29, 1.82) is 0 Å². The van der Waals surface area contributed by atoms with Crippen LogP contribution >= 0.6 is 23.4 Å². The molecular weight excluding hydrogens is 336 g/mol. The Morgan fingerprint density at radius 2 is 1.87 bits per heavy atom. The van der Waals surface area contributed by atoms with Crippen molar-refractivity contribution in [3.8, 4) is 0 Å². The highest BCUT2D eigenvalue weighted by Crippen LogP contribution is 2.32. The number of ether oxygens (including phenoxy) is 1. The van der Waals surface area contributed by atoms with Crippen LogP contribution in [0.2, 0.25) is 5.02 Å². The van der Waals surface area contributed by atoms with E-state index in [1.54, 1.807) is 37.3 Å². The van der Waals surface area contributed by atoms with Crippen molar-refractivity contribution in [1.82, 2.24) is 0 Å². The van der Waals surface area contributed by atoms with E-state index >= 15 is 0 Å². The molecule has 4 nitrogen and oxygen atoms in total. The summed E-state index contributed by atoms with van der Waals surface area (Å²) in [6, 6.07) is 12.3. The molecule has 120 valence electrons. The summed E-state index contributed by atoms with van der Waals surface area (Å²) in [7, 11) is 0. The first-order valence-corrected chi connectivity index (χ1v) is 8.14.